The number of nitrogens with one attached hydrogen (secondary N) is 2. The Kier molecular flexibility index (Phi) is 7.11. The third-order valence-corrected chi connectivity index (χ3v) is 5.66. The first-order valence-corrected chi connectivity index (χ1v) is 9.96. The number of anilines is 1. The minimum absolute atomic E-state index is 0.0834. The van der Waals surface area contributed by atoms with Gasteiger partial charge in [0.1, 0.15) is 17.2 Å². The molecule has 0 aliphatic carbocycles. The van der Waals surface area contributed by atoms with E-state index in [2.05, 4.69) is 10.0 Å². The van der Waals surface area contributed by atoms with Gasteiger partial charge in [0, 0.05) is 6.07 Å². The van der Waals surface area contributed by atoms with Gasteiger partial charge in [0.05, 0.1) is 43.0 Å². The molecule has 28 heavy (non-hydrogen) atoms. The molecule has 2 N–H and O–H groups in total. The van der Waals surface area contributed by atoms with Gasteiger partial charge in [-0.15, -0.1) is 0 Å². The topological polar surface area (TPSA) is 103 Å². The third-order valence-electron chi connectivity index (χ3n) is 3.83. The van der Waals surface area contributed by atoms with Crippen LogP contribution < -0.4 is 24.2 Å². The second kappa shape index (κ2) is 9.13. The van der Waals surface area contributed by atoms with Crippen molar-refractivity contribution in [3.05, 3.63) is 41.4 Å². The van der Waals surface area contributed by atoms with Crippen molar-refractivity contribution < 1.29 is 27.4 Å². The Morgan fingerprint density at radius 1 is 1.00 bits per heavy atom. The number of hydrogen-bond acceptors (Lipinski definition) is 6. The van der Waals surface area contributed by atoms with E-state index in [1.54, 1.807) is 18.2 Å². The molecule has 0 aliphatic rings. The van der Waals surface area contributed by atoms with Crippen LogP contribution in [0, 0.1) is 0 Å². The SMILES string of the molecule is COc1ccc(NC(=O)[C@@H](C)NS(=O)(=O)c2ccc(OC)c(Cl)c2)c(OC)c1. The summed E-state index contributed by atoms with van der Waals surface area (Å²) in [6.07, 6.45) is 0. The van der Waals surface area contributed by atoms with E-state index in [-0.39, 0.29) is 9.92 Å². The molecule has 152 valence electrons. The van der Waals surface area contributed by atoms with Crippen LogP contribution in [-0.4, -0.2) is 41.7 Å². The number of carbonyl (C=O) groups excluding carboxylic acids is 1. The lowest BCUT2D eigenvalue weighted by molar-refractivity contribution is -0.117. The van der Waals surface area contributed by atoms with Gasteiger partial charge in [0.2, 0.25) is 15.9 Å². The number of ether oxygens (including phenoxy) is 3. The van der Waals surface area contributed by atoms with Crippen molar-refractivity contribution in [1.82, 2.24) is 4.72 Å². The molecule has 2 aromatic rings. The highest BCUT2D eigenvalue weighted by Crippen LogP contribution is 2.29. The summed E-state index contributed by atoms with van der Waals surface area (Å²) in [6, 6.07) is 7.81. The van der Waals surface area contributed by atoms with Crippen LogP contribution in [0.1, 0.15) is 6.92 Å². The molecule has 0 radical (unpaired) electrons. The fraction of sp³-hybridized carbons (Fsp3) is 0.278. The number of sulfonamides is 1. The van der Waals surface area contributed by atoms with Crippen LogP contribution in [0.15, 0.2) is 41.3 Å². The second-order valence-electron chi connectivity index (χ2n) is 5.69. The zero-order valence-corrected chi connectivity index (χ0v) is 17.3. The molecule has 0 saturated carbocycles. The number of benzene rings is 2. The molecule has 0 aromatic heterocycles. The van der Waals surface area contributed by atoms with Crippen molar-refractivity contribution in [2.45, 2.75) is 17.9 Å². The molecule has 0 heterocycles. The van der Waals surface area contributed by atoms with Crippen molar-refractivity contribution in [1.29, 1.82) is 0 Å². The molecule has 0 saturated heterocycles. The maximum atomic E-state index is 12.5. The molecule has 0 aliphatic heterocycles. The van der Waals surface area contributed by atoms with E-state index in [1.807, 2.05) is 0 Å². The van der Waals surface area contributed by atoms with Crippen molar-refractivity contribution in [2.75, 3.05) is 26.6 Å². The van der Waals surface area contributed by atoms with Gasteiger partial charge in [-0.1, -0.05) is 11.6 Å². The molecule has 10 heteroatoms. The summed E-state index contributed by atoms with van der Waals surface area (Å²) in [6.45, 7) is 1.42. The molecule has 8 nitrogen and oxygen atoms in total. The van der Waals surface area contributed by atoms with E-state index in [0.717, 1.165) is 0 Å². The number of amides is 1. The average Bonchev–Trinajstić information content (AvgIpc) is 2.67. The fourth-order valence-corrected chi connectivity index (χ4v) is 3.86. The summed E-state index contributed by atoms with van der Waals surface area (Å²) < 4.78 is 42.7. The first-order valence-electron chi connectivity index (χ1n) is 8.10. The standard InChI is InChI=1S/C18H21ClN2O6S/c1-11(18(22)20-15-7-5-12(25-2)9-17(15)27-4)21-28(23,24)13-6-8-16(26-3)14(19)10-13/h5-11,21H,1-4H3,(H,20,22)/t11-/m1/s1. The van der Waals surface area contributed by atoms with Gasteiger partial charge < -0.3 is 19.5 Å². The Balaban J connectivity index is 2.14. The van der Waals surface area contributed by atoms with Gasteiger partial charge in [0.25, 0.3) is 0 Å². The van der Waals surface area contributed by atoms with Crippen LogP contribution in [0.2, 0.25) is 5.02 Å². The zero-order chi connectivity index (χ0) is 20.9. The molecule has 0 spiro atoms. The van der Waals surface area contributed by atoms with Crippen molar-refractivity contribution in [2.24, 2.45) is 0 Å². The van der Waals surface area contributed by atoms with Crippen LogP contribution >= 0.6 is 11.6 Å². The van der Waals surface area contributed by atoms with E-state index in [1.165, 1.54) is 46.5 Å². The maximum Gasteiger partial charge on any atom is 0.242 e. The minimum atomic E-state index is -3.97. The van der Waals surface area contributed by atoms with Crippen LogP contribution in [0.5, 0.6) is 17.2 Å². The smallest absolute Gasteiger partial charge is 0.242 e. The summed E-state index contributed by atoms with van der Waals surface area (Å²) in [4.78, 5) is 12.4. The normalized spacial score (nSPS) is 12.2. The van der Waals surface area contributed by atoms with Gasteiger partial charge in [-0.3, -0.25) is 4.79 Å². The first-order chi connectivity index (χ1) is 13.2. The predicted octanol–water partition coefficient (Wildman–Crippen LogP) is 2.67. The Bertz CT molecular complexity index is 965. The number of rotatable bonds is 8. The third kappa shape index (κ3) is 5.06. The van der Waals surface area contributed by atoms with E-state index >= 15 is 0 Å². The van der Waals surface area contributed by atoms with Crippen LogP contribution in [0.3, 0.4) is 0 Å². The Labute approximate surface area is 168 Å². The molecule has 2 aromatic carbocycles. The van der Waals surface area contributed by atoms with Gasteiger partial charge in [0.15, 0.2) is 0 Å². The summed E-state index contributed by atoms with van der Waals surface area (Å²) in [7, 11) is 0.409. The highest BCUT2D eigenvalue weighted by atomic mass is 35.5. The summed E-state index contributed by atoms with van der Waals surface area (Å²) in [5, 5.41) is 2.77. The lowest BCUT2D eigenvalue weighted by Crippen LogP contribution is -2.41. The van der Waals surface area contributed by atoms with Gasteiger partial charge in [-0.2, -0.15) is 4.72 Å². The Morgan fingerprint density at radius 2 is 1.68 bits per heavy atom. The highest BCUT2D eigenvalue weighted by molar-refractivity contribution is 7.89. The molecular formula is C18H21ClN2O6S. The van der Waals surface area contributed by atoms with Gasteiger partial charge in [-0.05, 0) is 37.3 Å². The summed E-state index contributed by atoms with van der Waals surface area (Å²) in [5.74, 6) is 0.717. The van der Waals surface area contributed by atoms with Crippen molar-refractivity contribution >= 4 is 33.2 Å². The monoisotopic (exact) mass is 428 g/mol. The lowest BCUT2D eigenvalue weighted by Gasteiger charge is -2.16. The zero-order valence-electron chi connectivity index (χ0n) is 15.8. The maximum absolute atomic E-state index is 12.5. The Hall–Kier alpha value is -2.49. The molecule has 2 rings (SSSR count). The van der Waals surface area contributed by atoms with E-state index in [4.69, 9.17) is 25.8 Å². The largest absolute Gasteiger partial charge is 0.497 e. The molecular weight excluding hydrogens is 408 g/mol. The predicted molar refractivity (Wildman–Crippen MR) is 106 cm³/mol. The molecule has 1 amide bonds. The summed E-state index contributed by atoms with van der Waals surface area (Å²) in [5.41, 5.74) is 0.381. The number of halogens is 1. The quantitative estimate of drug-likeness (QED) is 0.670. The van der Waals surface area contributed by atoms with Crippen LogP contribution in [0.4, 0.5) is 5.69 Å². The van der Waals surface area contributed by atoms with Crippen LogP contribution in [-0.2, 0) is 14.8 Å². The van der Waals surface area contributed by atoms with Gasteiger partial charge >= 0.3 is 0 Å². The number of hydrogen-bond donors (Lipinski definition) is 2. The van der Waals surface area contributed by atoms with E-state index < -0.39 is 22.0 Å². The van der Waals surface area contributed by atoms with Crippen LogP contribution in [0.25, 0.3) is 0 Å². The van der Waals surface area contributed by atoms with Crippen molar-refractivity contribution in [3.8, 4) is 17.2 Å². The highest BCUT2D eigenvalue weighted by Gasteiger charge is 2.23. The fourth-order valence-electron chi connectivity index (χ4n) is 2.31. The summed E-state index contributed by atoms with van der Waals surface area (Å²) >= 11 is 5.98. The first kappa shape index (κ1) is 21.8. The number of methoxy groups -OCH3 is 3. The van der Waals surface area contributed by atoms with E-state index in [9.17, 15) is 13.2 Å². The molecule has 0 unspecified atom stereocenters. The Morgan fingerprint density at radius 3 is 2.25 bits per heavy atom. The molecule has 0 bridgehead atoms. The second-order valence-corrected chi connectivity index (χ2v) is 7.82. The van der Waals surface area contributed by atoms with Gasteiger partial charge in [-0.25, -0.2) is 8.42 Å². The molecule has 0 fully saturated rings. The van der Waals surface area contributed by atoms with E-state index in [0.29, 0.717) is 22.9 Å². The minimum Gasteiger partial charge on any atom is -0.497 e. The number of carbonyl (C=O) groups is 1. The molecule has 1 atom stereocenters. The lowest BCUT2D eigenvalue weighted by atomic mass is 10.2. The average molecular weight is 429 g/mol. The van der Waals surface area contributed by atoms with Crippen molar-refractivity contribution in [3.63, 3.8) is 0 Å².